The monoisotopic (exact) mass is 460 g/mol. The highest BCUT2D eigenvalue weighted by Crippen LogP contribution is 2.30. The second-order valence-electron chi connectivity index (χ2n) is 6.84. The molecular weight excluding hydrogens is 441 g/mol. The van der Waals surface area contributed by atoms with E-state index >= 15 is 0 Å². The number of carbonyl (C=O) groups excluding carboxylic acids is 2. The molecule has 0 aliphatic rings. The molecule has 1 heterocycles. The van der Waals surface area contributed by atoms with E-state index in [-0.39, 0.29) is 35.8 Å². The van der Waals surface area contributed by atoms with Crippen LogP contribution in [0.2, 0.25) is 0 Å². The first kappa shape index (κ1) is 23.7. The summed E-state index contributed by atoms with van der Waals surface area (Å²) in [7, 11) is 1.47. The first-order valence-corrected chi connectivity index (χ1v) is 9.64. The molecule has 2 amide bonds. The number of anilines is 2. The second-order valence-corrected chi connectivity index (χ2v) is 6.84. The van der Waals surface area contributed by atoms with Crippen LogP contribution in [0, 0.1) is 0 Å². The number of hydrogen-bond acceptors (Lipinski definition) is 5. The van der Waals surface area contributed by atoms with Gasteiger partial charge in [0.25, 0.3) is 17.4 Å². The van der Waals surface area contributed by atoms with E-state index < -0.39 is 29.1 Å². The molecule has 0 saturated carbocycles. The maximum absolute atomic E-state index is 12.9. The molecule has 0 atom stereocenters. The summed E-state index contributed by atoms with van der Waals surface area (Å²) in [4.78, 5) is 36.8. The topological polar surface area (TPSA) is 102 Å². The van der Waals surface area contributed by atoms with E-state index in [1.807, 2.05) is 0 Å². The fraction of sp³-hybridized carbons (Fsp3) is 0.182. The second kappa shape index (κ2) is 10.1. The van der Waals surface area contributed by atoms with Gasteiger partial charge in [0.15, 0.2) is 0 Å². The van der Waals surface area contributed by atoms with Crippen LogP contribution in [-0.4, -0.2) is 35.3 Å². The highest BCUT2D eigenvalue weighted by Gasteiger charge is 2.30. The molecule has 0 radical (unpaired) electrons. The highest BCUT2D eigenvalue weighted by molar-refractivity contribution is 6.06. The van der Waals surface area contributed by atoms with Crippen LogP contribution in [0.1, 0.15) is 26.4 Å². The largest absolute Gasteiger partial charge is 0.416 e. The summed E-state index contributed by atoms with van der Waals surface area (Å²) in [5.41, 5.74) is -0.954. The quantitative estimate of drug-likeness (QED) is 0.563. The molecule has 172 valence electrons. The molecule has 2 N–H and O–H groups in total. The number of nitrogens with zero attached hydrogens (tertiary/aromatic N) is 2. The van der Waals surface area contributed by atoms with Gasteiger partial charge in [-0.15, -0.1) is 0 Å². The predicted octanol–water partition coefficient (Wildman–Crippen LogP) is 3.41. The maximum atomic E-state index is 12.9. The summed E-state index contributed by atoms with van der Waals surface area (Å²) >= 11 is 0. The van der Waals surface area contributed by atoms with E-state index in [0.717, 1.165) is 16.8 Å². The van der Waals surface area contributed by atoms with Gasteiger partial charge in [-0.2, -0.15) is 18.3 Å². The molecular formula is C22H19F3N4O4. The fourth-order valence-electron chi connectivity index (χ4n) is 2.82. The number of methoxy groups -OCH3 is 1. The molecule has 3 rings (SSSR count). The molecule has 0 fully saturated rings. The van der Waals surface area contributed by atoms with E-state index in [1.165, 1.54) is 55.6 Å². The van der Waals surface area contributed by atoms with Crippen LogP contribution in [0.4, 0.5) is 24.5 Å². The van der Waals surface area contributed by atoms with Gasteiger partial charge in [0.2, 0.25) is 0 Å². The third kappa shape index (κ3) is 6.26. The van der Waals surface area contributed by atoms with Crippen LogP contribution in [0.25, 0.3) is 0 Å². The molecule has 33 heavy (non-hydrogen) atoms. The van der Waals surface area contributed by atoms with Crippen molar-refractivity contribution in [1.82, 2.24) is 9.78 Å². The van der Waals surface area contributed by atoms with Gasteiger partial charge in [-0.1, -0.05) is 12.1 Å². The summed E-state index contributed by atoms with van der Waals surface area (Å²) in [5.74, 6) is -1.27. The van der Waals surface area contributed by atoms with Gasteiger partial charge in [0.05, 0.1) is 18.7 Å². The number of aromatic nitrogens is 2. The number of nitrogens with one attached hydrogen (secondary N) is 2. The number of halogens is 3. The van der Waals surface area contributed by atoms with Crippen LogP contribution in [0.15, 0.2) is 65.5 Å². The first-order chi connectivity index (χ1) is 15.7. The third-order valence-electron chi connectivity index (χ3n) is 4.44. The Hall–Kier alpha value is -3.99. The van der Waals surface area contributed by atoms with Crippen LogP contribution < -0.4 is 16.2 Å². The van der Waals surface area contributed by atoms with Gasteiger partial charge in [-0.25, -0.2) is 4.68 Å². The zero-order chi connectivity index (χ0) is 24.0. The number of rotatable bonds is 7. The average Bonchev–Trinajstić information content (AvgIpc) is 2.78. The van der Waals surface area contributed by atoms with Crippen molar-refractivity contribution in [2.24, 2.45) is 0 Å². The zero-order valence-corrected chi connectivity index (χ0v) is 17.3. The number of carbonyl (C=O) groups is 2. The van der Waals surface area contributed by atoms with Crippen LogP contribution in [-0.2, 0) is 17.5 Å². The lowest BCUT2D eigenvalue weighted by Crippen LogP contribution is -2.27. The van der Waals surface area contributed by atoms with E-state index in [1.54, 1.807) is 0 Å². The number of ether oxygens (including phenoxy) is 1. The van der Waals surface area contributed by atoms with Crippen LogP contribution >= 0.6 is 0 Å². The van der Waals surface area contributed by atoms with Crippen molar-refractivity contribution in [2.45, 2.75) is 12.7 Å². The molecule has 1 aromatic heterocycles. The minimum atomic E-state index is -4.54. The Bertz CT molecular complexity index is 1220. The van der Waals surface area contributed by atoms with Crippen molar-refractivity contribution in [2.75, 3.05) is 24.4 Å². The fourth-order valence-corrected chi connectivity index (χ4v) is 2.82. The van der Waals surface area contributed by atoms with Gasteiger partial charge >= 0.3 is 6.18 Å². The molecule has 0 bridgehead atoms. The Morgan fingerprint density at radius 1 is 0.970 bits per heavy atom. The molecule has 11 heteroatoms. The number of amides is 2. The third-order valence-corrected chi connectivity index (χ3v) is 4.44. The Morgan fingerprint density at radius 2 is 1.64 bits per heavy atom. The number of hydrogen-bond donors (Lipinski definition) is 2. The van der Waals surface area contributed by atoms with Crippen molar-refractivity contribution in [3.05, 3.63) is 87.8 Å². The number of benzene rings is 2. The Kier molecular flexibility index (Phi) is 7.23. The van der Waals surface area contributed by atoms with Crippen LogP contribution in [0.3, 0.4) is 0 Å². The Labute approximate surface area is 186 Å². The first-order valence-electron chi connectivity index (χ1n) is 9.64. The van der Waals surface area contributed by atoms with Gasteiger partial charge in [0, 0.05) is 30.1 Å². The molecule has 3 aromatic rings. The van der Waals surface area contributed by atoms with Crippen molar-refractivity contribution in [3.63, 3.8) is 0 Å². The maximum Gasteiger partial charge on any atom is 0.416 e. The number of alkyl halides is 3. The van der Waals surface area contributed by atoms with Crippen molar-refractivity contribution in [1.29, 1.82) is 0 Å². The van der Waals surface area contributed by atoms with E-state index in [4.69, 9.17) is 4.74 Å². The van der Waals surface area contributed by atoms with Crippen molar-refractivity contribution < 1.29 is 27.5 Å². The van der Waals surface area contributed by atoms with Gasteiger partial charge in [0.1, 0.15) is 5.69 Å². The zero-order valence-electron chi connectivity index (χ0n) is 17.3. The lowest BCUT2D eigenvalue weighted by atomic mass is 10.1. The smallest absolute Gasteiger partial charge is 0.383 e. The summed E-state index contributed by atoms with van der Waals surface area (Å²) < 4.78 is 44.6. The summed E-state index contributed by atoms with van der Waals surface area (Å²) in [6.45, 7) is 0.405. The van der Waals surface area contributed by atoms with E-state index in [9.17, 15) is 27.6 Å². The standard InChI is InChI=1S/C22H19F3N4O4/c1-33-11-10-29-19(30)9-8-18(28-29)21(32)27-16-6-2-4-14(12-16)20(31)26-17-7-3-5-15(13-17)22(23,24)25/h2-9,12-13H,10-11H2,1H3,(H,26,31)(H,27,32). The van der Waals surface area contributed by atoms with Crippen LogP contribution in [0.5, 0.6) is 0 Å². The van der Waals surface area contributed by atoms with Crippen molar-refractivity contribution in [3.8, 4) is 0 Å². The molecule has 0 unspecified atom stereocenters. The lowest BCUT2D eigenvalue weighted by molar-refractivity contribution is -0.137. The molecule has 0 aliphatic heterocycles. The van der Waals surface area contributed by atoms with Gasteiger partial charge in [-0.05, 0) is 42.5 Å². The Balaban J connectivity index is 1.73. The summed E-state index contributed by atoms with van der Waals surface area (Å²) in [6.07, 6.45) is -4.54. The Morgan fingerprint density at radius 3 is 2.33 bits per heavy atom. The minimum absolute atomic E-state index is 0.0215. The molecule has 2 aromatic carbocycles. The molecule has 0 spiro atoms. The SMILES string of the molecule is COCCn1nc(C(=O)Nc2cccc(C(=O)Nc3cccc(C(F)(F)F)c3)c2)ccc1=O. The van der Waals surface area contributed by atoms with Gasteiger partial charge < -0.3 is 15.4 Å². The average molecular weight is 460 g/mol. The van der Waals surface area contributed by atoms with E-state index in [2.05, 4.69) is 15.7 Å². The molecule has 0 saturated heterocycles. The molecule has 0 aliphatic carbocycles. The van der Waals surface area contributed by atoms with Gasteiger partial charge in [-0.3, -0.25) is 14.4 Å². The minimum Gasteiger partial charge on any atom is -0.383 e. The lowest BCUT2D eigenvalue weighted by Gasteiger charge is -2.11. The van der Waals surface area contributed by atoms with Crippen molar-refractivity contribution >= 4 is 23.2 Å². The molecule has 8 nitrogen and oxygen atoms in total. The highest BCUT2D eigenvalue weighted by atomic mass is 19.4. The normalized spacial score (nSPS) is 11.2. The summed E-state index contributed by atoms with van der Waals surface area (Å²) in [6, 6.07) is 12.6. The van der Waals surface area contributed by atoms with E-state index in [0.29, 0.717) is 0 Å². The predicted molar refractivity (Wildman–Crippen MR) is 114 cm³/mol. The summed E-state index contributed by atoms with van der Waals surface area (Å²) in [5, 5.41) is 8.96.